The molecule has 1 aliphatic rings. The van der Waals surface area contributed by atoms with Crippen molar-refractivity contribution in [1.29, 1.82) is 0 Å². The monoisotopic (exact) mass is 144 g/mol. The van der Waals surface area contributed by atoms with Crippen LogP contribution in [0.25, 0.3) is 0 Å². The van der Waals surface area contributed by atoms with Crippen LogP contribution in [0.1, 0.15) is 26.7 Å². The summed E-state index contributed by atoms with van der Waals surface area (Å²) in [5, 5.41) is 6.56. The highest BCUT2D eigenvalue weighted by Crippen LogP contribution is 1.98. The SMILES string of the molecule is CC.CNC1CCCNC1. The third-order valence-corrected chi connectivity index (χ3v) is 1.71. The molecule has 0 amide bonds. The minimum atomic E-state index is 0.726. The molecular weight excluding hydrogens is 124 g/mol. The topological polar surface area (TPSA) is 24.1 Å². The number of piperidine rings is 1. The van der Waals surface area contributed by atoms with Gasteiger partial charge in [-0.15, -0.1) is 0 Å². The smallest absolute Gasteiger partial charge is 0.0189 e. The van der Waals surface area contributed by atoms with Crippen molar-refractivity contribution in [1.82, 2.24) is 10.6 Å². The van der Waals surface area contributed by atoms with Gasteiger partial charge in [-0.25, -0.2) is 0 Å². The van der Waals surface area contributed by atoms with Gasteiger partial charge in [-0.3, -0.25) is 0 Å². The summed E-state index contributed by atoms with van der Waals surface area (Å²) in [6, 6.07) is 0.726. The average molecular weight is 144 g/mol. The Morgan fingerprint density at radius 1 is 1.40 bits per heavy atom. The Balaban J connectivity index is 0.000000371. The van der Waals surface area contributed by atoms with Crippen LogP contribution in [0, 0.1) is 0 Å². The quantitative estimate of drug-likeness (QED) is 0.573. The maximum atomic E-state index is 3.32. The van der Waals surface area contributed by atoms with Crippen LogP contribution in [-0.2, 0) is 0 Å². The zero-order valence-electron chi connectivity index (χ0n) is 7.41. The van der Waals surface area contributed by atoms with Crippen LogP contribution in [-0.4, -0.2) is 26.2 Å². The summed E-state index contributed by atoms with van der Waals surface area (Å²) >= 11 is 0. The average Bonchev–Trinajstić information content (AvgIpc) is 2.10. The van der Waals surface area contributed by atoms with Crippen LogP contribution in [0.5, 0.6) is 0 Å². The van der Waals surface area contributed by atoms with Gasteiger partial charge in [0.2, 0.25) is 0 Å². The number of nitrogens with one attached hydrogen (secondary N) is 2. The molecule has 0 aromatic rings. The molecule has 0 aliphatic carbocycles. The van der Waals surface area contributed by atoms with Gasteiger partial charge in [-0.05, 0) is 26.4 Å². The highest BCUT2D eigenvalue weighted by atomic mass is 15.0. The van der Waals surface area contributed by atoms with Gasteiger partial charge in [-0.2, -0.15) is 0 Å². The summed E-state index contributed by atoms with van der Waals surface area (Å²) in [5.41, 5.74) is 0. The number of hydrogen-bond acceptors (Lipinski definition) is 2. The fourth-order valence-corrected chi connectivity index (χ4v) is 1.10. The molecule has 0 aromatic carbocycles. The van der Waals surface area contributed by atoms with Crippen molar-refractivity contribution < 1.29 is 0 Å². The Bertz CT molecular complexity index is 58.3. The van der Waals surface area contributed by atoms with E-state index in [1.54, 1.807) is 0 Å². The van der Waals surface area contributed by atoms with Crippen molar-refractivity contribution in [3.8, 4) is 0 Å². The van der Waals surface area contributed by atoms with Gasteiger partial charge in [0.05, 0.1) is 0 Å². The first-order chi connectivity index (χ1) is 4.93. The van der Waals surface area contributed by atoms with E-state index in [1.807, 2.05) is 20.9 Å². The molecule has 62 valence electrons. The molecule has 0 bridgehead atoms. The van der Waals surface area contributed by atoms with Gasteiger partial charge < -0.3 is 10.6 Å². The summed E-state index contributed by atoms with van der Waals surface area (Å²) in [6.45, 7) is 6.36. The van der Waals surface area contributed by atoms with E-state index in [1.165, 1.54) is 19.4 Å². The van der Waals surface area contributed by atoms with Crippen LogP contribution in [0.3, 0.4) is 0 Å². The first-order valence-corrected chi connectivity index (χ1v) is 4.31. The van der Waals surface area contributed by atoms with E-state index in [2.05, 4.69) is 10.6 Å². The highest BCUT2D eigenvalue weighted by molar-refractivity contribution is 4.72. The molecule has 2 N–H and O–H groups in total. The first-order valence-electron chi connectivity index (χ1n) is 4.31. The van der Waals surface area contributed by atoms with Gasteiger partial charge >= 0.3 is 0 Å². The predicted octanol–water partition coefficient (Wildman–Crippen LogP) is 0.984. The largest absolute Gasteiger partial charge is 0.316 e. The molecule has 1 heterocycles. The first kappa shape index (κ1) is 9.92. The van der Waals surface area contributed by atoms with E-state index in [9.17, 15) is 0 Å². The van der Waals surface area contributed by atoms with Gasteiger partial charge in [0, 0.05) is 12.6 Å². The number of hydrogen-bond donors (Lipinski definition) is 2. The van der Waals surface area contributed by atoms with Crippen LogP contribution in [0.2, 0.25) is 0 Å². The van der Waals surface area contributed by atoms with E-state index in [4.69, 9.17) is 0 Å². The van der Waals surface area contributed by atoms with E-state index in [0.29, 0.717) is 0 Å². The zero-order chi connectivity index (χ0) is 7.82. The lowest BCUT2D eigenvalue weighted by molar-refractivity contribution is 0.412. The molecule has 1 aliphatic heterocycles. The van der Waals surface area contributed by atoms with Crippen LogP contribution in [0.4, 0.5) is 0 Å². The second-order valence-electron chi connectivity index (χ2n) is 2.33. The summed E-state index contributed by atoms with van der Waals surface area (Å²) in [5.74, 6) is 0. The number of rotatable bonds is 1. The van der Waals surface area contributed by atoms with E-state index < -0.39 is 0 Å². The maximum Gasteiger partial charge on any atom is 0.0189 e. The van der Waals surface area contributed by atoms with Gasteiger partial charge in [0.1, 0.15) is 0 Å². The second-order valence-corrected chi connectivity index (χ2v) is 2.33. The molecule has 1 unspecified atom stereocenters. The summed E-state index contributed by atoms with van der Waals surface area (Å²) in [7, 11) is 2.03. The molecular formula is C8H20N2. The van der Waals surface area contributed by atoms with E-state index in [-0.39, 0.29) is 0 Å². The van der Waals surface area contributed by atoms with Crippen LogP contribution >= 0.6 is 0 Å². The van der Waals surface area contributed by atoms with Crippen molar-refractivity contribution in [2.24, 2.45) is 0 Å². The van der Waals surface area contributed by atoms with E-state index >= 15 is 0 Å². The second kappa shape index (κ2) is 7.03. The van der Waals surface area contributed by atoms with Crippen molar-refractivity contribution in [3.05, 3.63) is 0 Å². The van der Waals surface area contributed by atoms with Crippen LogP contribution < -0.4 is 10.6 Å². The molecule has 1 rings (SSSR count). The normalized spacial score (nSPS) is 24.9. The Morgan fingerprint density at radius 2 is 2.10 bits per heavy atom. The Hall–Kier alpha value is -0.0800. The van der Waals surface area contributed by atoms with Crippen molar-refractivity contribution in [3.63, 3.8) is 0 Å². The fraction of sp³-hybridized carbons (Fsp3) is 1.00. The molecule has 2 nitrogen and oxygen atoms in total. The van der Waals surface area contributed by atoms with Crippen LogP contribution in [0.15, 0.2) is 0 Å². The fourth-order valence-electron chi connectivity index (χ4n) is 1.10. The molecule has 0 spiro atoms. The predicted molar refractivity (Wildman–Crippen MR) is 46.3 cm³/mol. The minimum Gasteiger partial charge on any atom is -0.316 e. The Labute approximate surface area is 64.4 Å². The van der Waals surface area contributed by atoms with Crippen molar-refractivity contribution >= 4 is 0 Å². The van der Waals surface area contributed by atoms with Gasteiger partial charge in [-0.1, -0.05) is 13.8 Å². The molecule has 1 fully saturated rings. The molecule has 2 heteroatoms. The summed E-state index contributed by atoms with van der Waals surface area (Å²) in [4.78, 5) is 0. The van der Waals surface area contributed by atoms with Gasteiger partial charge in [0.25, 0.3) is 0 Å². The molecule has 1 atom stereocenters. The molecule has 1 saturated heterocycles. The molecule has 10 heavy (non-hydrogen) atoms. The van der Waals surface area contributed by atoms with Crippen molar-refractivity contribution in [2.75, 3.05) is 20.1 Å². The van der Waals surface area contributed by atoms with Crippen molar-refractivity contribution in [2.45, 2.75) is 32.7 Å². The van der Waals surface area contributed by atoms with E-state index in [0.717, 1.165) is 12.6 Å². The minimum absolute atomic E-state index is 0.726. The summed E-state index contributed by atoms with van der Waals surface area (Å²) < 4.78 is 0. The lowest BCUT2D eigenvalue weighted by Gasteiger charge is -2.21. The molecule has 0 saturated carbocycles. The molecule has 0 aromatic heterocycles. The third-order valence-electron chi connectivity index (χ3n) is 1.71. The standard InChI is InChI=1S/C6H14N2.C2H6/c1-7-6-3-2-4-8-5-6;1-2/h6-8H,2-5H2,1H3;1-2H3. The lowest BCUT2D eigenvalue weighted by atomic mass is 10.1. The lowest BCUT2D eigenvalue weighted by Crippen LogP contribution is -2.41. The summed E-state index contributed by atoms with van der Waals surface area (Å²) in [6.07, 6.45) is 2.66. The highest BCUT2D eigenvalue weighted by Gasteiger charge is 2.08. The molecule has 0 radical (unpaired) electrons. The Kier molecular flexibility index (Phi) is 6.98. The number of likely N-dealkylation sites (N-methyl/N-ethyl adjacent to an activating group) is 1. The Morgan fingerprint density at radius 3 is 2.40 bits per heavy atom. The maximum absolute atomic E-state index is 3.32. The third kappa shape index (κ3) is 3.85. The van der Waals surface area contributed by atoms with Gasteiger partial charge in [0.15, 0.2) is 0 Å². The zero-order valence-corrected chi connectivity index (χ0v) is 7.41.